The Morgan fingerprint density at radius 2 is 2.00 bits per heavy atom. The molecule has 0 aliphatic carbocycles. The molecule has 2 aliphatic rings. The fourth-order valence-electron chi connectivity index (χ4n) is 3.46. The number of nitrogens with one attached hydrogen (secondary N) is 2. The van der Waals surface area contributed by atoms with E-state index in [1.165, 1.54) is 0 Å². The first-order valence-electron chi connectivity index (χ1n) is 7.72. The van der Waals surface area contributed by atoms with Crippen molar-refractivity contribution in [3.63, 3.8) is 0 Å². The van der Waals surface area contributed by atoms with Gasteiger partial charge in [0.15, 0.2) is 0 Å². The van der Waals surface area contributed by atoms with E-state index in [1.807, 2.05) is 13.8 Å². The SMILES string of the molecule is CNC(=O)C1CCCN1C(=O)C(C)(C)C1CCCNC1. The molecule has 0 saturated carbocycles. The number of nitrogens with zero attached hydrogens (tertiary/aromatic N) is 1. The molecule has 0 aromatic rings. The number of hydrogen-bond donors (Lipinski definition) is 2. The normalized spacial score (nSPS) is 27.4. The van der Waals surface area contributed by atoms with E-state index in [0.717, 1.165) is 38.8 Å². The first-order valence-corrected chi connectivity index (χ1v) is 7.72. The largest absolute Gasteiger partial charge is 0.357 e. The third-order valence-corrected chi connectivity index (χ3v) is 4.93. The predicted molar refractivity (Wildman–Crippen MR) is 78.2 cm³/mol. The molecule has 0 aromatic heterocycles. The van der Waals surface area contributed by atoms with E-state index >= 15 is 0 Å². The van der Waals surface area contributed by atoms with Crippen molar-refractivity contribution in [2.45, 2.75) is 45.6 Å². The minimum Gasteiger partial charge on any atom is -0.357 e. The highest BCUT2D eigenvalue weighted by Crippen LogP contribution is 2.35. The van der Waals surface area contributed by atoms with Crippen molar-refractivity contribution < 1.29 is 9.59 Å². The number of amides is 2. The van der Waals surface area contributed by atoms with E-state index in [2.05, 4.69) is 10.6 Å². The average molecular weight is 281 g/mol. The van der Waals surface area contributed by atoms with Crippen LogP contribution in [0.1, 0.15) is 39.5 Å². The third kappa shape index (κ3) is 2.82. The summed E-state index contributed by atoms with van der Waals surface area (Å²) in [6.45, 7) is 6.72. The molecule has 2 saturated heterocycles. The molecular formula is C15H27N3O2. The van der Waals surface area contributed by atoms with Crippen molar-refractivity contribution in [2.24, 2.45) is 11.3 Å². The molecule has 0 bridgehead atoms. The summed E-state index contributed by atoms with van der Waals surface area (Å²) in [7, 11) is 1.64. The monoisotopic (exact) mass is 281 g/mol. The first-order chi connectivity index (χ1) is 9.48. The molecule has 5 nitrogen and oxygen atoms in total. The second-order valence-corrected chi connectivity index (χ2v) is 6.54. The summed E-state index contributed by atoms with van der Waals surface area (Å²) < 4.78 is 0. The van der Waals surface area contributed by atoms with Crippen molar-refractivity contribution in [3.05, 3.63) is 0 Å². The lowest BCUT2D eigenvalue weighted by Crippen LogP contribution is -2.53. The minimum absolute atomic E-state index is 0.0339. The predicted octanol–water partition coefficient (Wildman–Crippen LogP) is 0.749. The third-order valence-electron chi connectivity index (χ3n) is 4.93. The Morgan fingerprint density at radius 1 is 1.25 bits per heavy atom. The van der Waals surface area contributed by atoms with Gasteiger partial charge in [-0.2, -0.15) is 0 Å². The van der Waals surface area contributed by atoms with Gasteiger partial charge in [-0.05, 0) is 44.7 Å². The van der Waals surface area contributed by atoms with Gasteiger partial charge in [0.05, 0.1) is 0 Å². The molecule has 114 valence electrons. The highest BCUT2D eigenvalue weighted by atomic mass is 16.2. The van der Waals surface area contributed by atoms with Crippen molar-refractivity contribution >= 4 is 11.8 Å². The lowest BCUT2D eigenvalue weighted by molar-refractivity contribution is -0.148. The smallest absolute Gasteiger partial charge is 0.242 e. The molecule has 2 atom stereocenters. The maximum absolute atomic E-state index is 12.9. The molecule has 0 spiro atoms. The summed E-state index contributed by atoms with van der Waals surface area (Å²) in [5.74, 6) is 0.459. The lowest BCUT2D eigenvalue weighted by atomic mass is 9.74. The fraction of sp³-hybridized carbons (Fsp3) is 0.867. The van der Waals surface area contributed by atoms with Crippen LogP contribution in [0, 0.1) is 11.3 Å². The molecule has 0 aromatic carbocycles. The van der Waals surface area contributed by atoms with E-state index in [-0.39, 0.29) is 17.9 Å². The lowest BCUT2D eigenvalue weighted by Gasteiger charge is -2.39. The van der Waals surface area contributed by atoms with Crippen LogP contribution in [0.3, 0.4) is 0 Å². The number of hydrogen-bond acceptors (Lipinski definition) is 3. The molecule has 2 aliphatic heterocycles. The van der Waals surface area contributed by atoms with Crippen LogP contribution in [-0.2, 0) is 9.59 Å². The highest BCUT2D eigenvalue weighted by molar-refractivity contribution is 5.90. The summed E-state index contributed by atoms with van der Waals surface area (Å²) >= 11 is 0. The topological polar surface area (TPSA) is 61.4 Å². The Hall–Kier alpha value is -1.10. The maximum Gasteiger partial charge on any atom is 0.242 e. The van der Waals surface area contributed by atoms with Crippen LogP contribution in [0.2, 0.25) is 0 Å². The zero-order chi connectivity index (χ0) is 14.8. The zero-order valence-electron chi connectivity index (χ0n) is 12.9. The van der Waals surface area contributed by atoms with Crippen molar-refractivity contribution in [2.75, 3.05) is 26.7 Å². The quantitative estimate of drug-likeness (QED) is 0.802. The summed E-state index contributed by atoms with van der Waals surface area (Å²) in [5, 5.41) is 6.06. The Balaban J connectivity index is 2.10. The van der Waals surface area contributed by atoms with Gasteiger partial charge in [0.1, 0.15) is 6.04 Å². The van der Waals surface area contributed by atoms with E-state index in [4.69, 9.17) is 0 Å². The van der Waals surface area contributed by atoms with Crippen LogP contribution >= 0.6 is 0 Å². The number of carbonyl (C=O) groups is 2. The molecule has 0 radical (unpaired) electrons. The summed E-state index contributed by atoms with van der Waals surface area (Å²) in [4.78, 5) is 26.6. The van der Waals surface area contributed by atoms with Gasteiger partial charge in [0.2, 0.25) is 11.8 Å². The van der Waals surface area contributed by atoms with Gasteiger partial charge >= 0.3 is 0 Å². The Morgan fingerprint density at radius 3 is 2.60 bits per heavy atom. The molecule has 2 N–H and O–H groups in total. The fourth-order valence-corrected chi connectivity index (χ4v) is 3.46. The van der Waals surface area contributed by atoms with Gasteiger partial charge in [-0.3, -0.25) is 9.59 Å². The van der Waals surface area contributed by atoms with Crippen LogP contribution in [0.15, 0.2) is 0 Å². The maximum atomic E-state index is 12.9. The number of rotatable bonds is 3. The van der Waals surface area contributed by atoms with E-state index < -0.39 is 5.41 Å². The van der Waals surface area contributed by atoms with Gasteiger partial charge in [-0.25, -0.2) is 0 Å². The van der Waals surface area contributed by atoms with Crippen LogP contribution < -0.4 is 10.6 Å². The van der Waals surface area contributed by atoms with Crippen molar-refractivity contribution in [1.29, 1.82) is 0 Å². The summed E-state index contributed by atoms with van der Waals surface area (Å²) in [6.07, 6.45) is 3.91. The number of piperidine rings is 1. The summed E-state index contributed by atoms with van der Waals surface area (Å²) in [6, 6.07) is -0.275. The molecule has 2 unspecified atom stereocenters. The second-order valence-electron chi connectivity index (χ2n) is 6.54. The molecule has 2 fully saturated rings. The summed E-state index contributed by atoms with van der Waals surface area (Å²) in [5.41, 5.74) is -0.399. The number of likely N-dealkylation sites (tertiary alicyclic amines) is 1. The second kappa shape index (κ2) is 6.12. The van der Waals surface area contributed by atoms with E-state index in [9.17, 15) is 9.59 Å². The van der Waals surface area contributed by atoms with Gasteiger partial charge < -0.3 is 15.5 Å². The van der Waals surface area contributed by atoms with E-state index in [1.54, 1.807) is 11.9 Å². The zero-order valence-corrected chi connectivity index (χ0v) is 12.9. The van der Waals surface area contributed by atoms with Gasteiger partial charge in [0, 0.05) is 19.0 Å². The van der Waals surface area contributed by atoms with E-state index in [0.29, 0.717) is 12.5 Å². The van der Waals surface area contributed by atoms with Gasteiger partial charge in [0.25, 0.3) is 0 Å². The van der Waals surface area contributed by atoms with Crippen LogP contribution in [0.25, 0.3) is 0 Å². The number of likely N-dealkylation sites (N-methyl/N-ethyl adjacent to an activating group) is 1. The molecular weight excluding hydrogens is 254 g/mol. The van der Waals surface area contributed by atoms with Gasteiger partial charge in [-0.15, -0.1) is 0 Å². The number of carbonyl (C=O) groups excluding carboxylic acids is 2. The van der Waals surface area contributed by atoms with Gasteiger partial charge in [-0.1, -0.05) is 13.8 Å². The van der Waals surface area contributed by atoms with Crippen LogP contribution in [-0.4, -0.2) is 49.4 Å². The Kier molecular flexibility index (Phi) is 4.68. The van der Waals surface area contributed by atoms with Crippen LogP contribution in [0.4, 0.5) is 0 Å². The molecule has 2 rings (SSSR count). The average Bonchev–Trinajstić information content (AvgIpc) is 2.95. The molecule has 2 heterocycles. The highest BCUT2D eigenvalue weighted by Gasteiger charge is 2.44. The Labute approximate surface area is 121 Å². The Bertz CT molecular complexity index is 375. The molecule has 20 heavy (non-hydrogen) atoms. The van der Waals surface area contributed by atoms with Crippen LogP contribution in [0.5, 0.6) is 0 Å². The standard InChI is InChI=1S/C15H27N3O2/c1-15(2,11-6-4-8-17-10-11)14(20)18-9-5-7-12(18)13(19)16-3/h11-12,17H,4-10H2,1-3H3,(H,16,19). The van der Waals surface area contributed by atoms with Crippen molar-refractivity contribution in [1.82, 2.24) is 15.5 Å². The van der Waals surface area contributed by atoms with Crippen molar-refractivity contribution in [3.8, 4) is 0 Å². The first kappa shape index (κ1) is 15.3. The molecule has 2 amide bonds. The molecule has 5 heteroatoms. The minimum atomic E-state index is -0.399.